The fraction of sp³-hybridized carbons (Fsp3) is 0.296. The molecule has 0 saturated carbocycles. The summed E-state index contributed by atoms with van der Waals surface area (Å²) >= 11 is 0. The van der Waals surface area contributed by atoms with Gasteiger partial charge in [0.25, 0.3) is 5.91 Å². The molecule has 184 valence electrons. The molecule has 1 aliphatic rings. The van der Waals surface area contributed by atoms with E-state index in [1.54, 1.807) is 0 Å². The van der Waals surface area contributed by atoms with Gasteiger partial charge in [0.05, 0.1) is 5.56 Å². The third-order valence-corrected chi connectivity index (χ3v) is 6.03. The third kappa shape index (κ3) is 6.76. The van der Waals surface area contributed by atoms with E-state index in [-0.39, 0.29) is 12.3 Å². The average Bonchev–Trinajstić information content (AvgIpc) is 2.87. The Morgan fingerprint density at radius 1 is 0.829 bits per heavy atom. The molecule has 1 amide bonds. The second kappa shape index (κ2) is 11.3. The summed E-state index contributed by atoms with van der Waals surface area (Å²) in [6.07, 6.45) is -4.54. The van der Waals surface area contributed by atoms with Crippen LogP contribution in [0.4, 0.5) is 18.9 Å². The molecule has 0 unspecified atom stereocenters. The Bertz CT molecular complexity index is 1110. The van der Waals surface area contributed by atoms with E-state index in [0.717, 1.165) is 49.9 Å². The molecule has 0 bridgehead atoms. The largest absolute Gasteiger partial charge is 0.483 e. The van der Waals surface area contributed by atoms with Crippen molar-refractivity contribution in [1.29, 1.82) is 0 Å². The number of benzene rings is 3. The Morgan fingerprint density at radius 3 is 2.17 bits per heavy atom. The summed E-state index contributed by atoms with van der Waals surface area (Å²) in [4.78, 5) is 17.1. The SMILES string of the molecule is O=C(COc1ccccc1C(F)(F)F)NCc1ccccc1CN1CCN(c2ccccc2)CC1. The van der Waals surface area contributed by atoms with Crippen LogP contribution in [-0.4, -0.2) is 43.6 Å². The second-order valence-electron chi connectivity index (χ2n) is 8.43. The van der Waals surface area contributed by atoms with E-state index >= 15 is 0 Å². The molecule has 1 saturated heterocycles. The minimum atomic E-state index is -4.54. The predicted molar refractivity (Wildman–Crippen MR) is 129 cm³/mol. The van der Waals surface area contributed by atoms with Gasteiger partial charge in [0.1, 0.15) is 5.75 Å². The topological polar surface area (TPSA) is 44.8 Å². The number of nitrogens with zero attached hydrogens (tertiary/aromatic N) is 2. The Kier molecular flexibility index (Phi) is 7.92. The Labute approximate surface area is 203 Å². The van der Waals surface area contributed by atoms with E-state index < -0.39 is 24.3 Å². The lowest BCUT2D eigenvalue weighted by Crippen LogP contribution is -2.46. The molecule has 0 spiro atoms. The van der Waals surface area contributed by atoms with Crippen molar-refractivity contribution in [1.82, 2.24) is 10.2 Å². The van der Waals surface area contributed by atoms with Crippen LogP contribution in [0.2, 0.25) is 0 Å². The first-order chi connectivity index (χ1) is 16.9. The molecule has 0 aliphatic carbocycles. The van der Waals surface area contributed by atoms with Crippen molar-refractivity contribution in [3.63, 3.8) is 0 Å². The Hall–Kier alpha value is -3.52. The first kappa shape index (κ1) is 24.6. The molecule has 1 fully saturated rings. The van der Waals surface area contributed by atoms with E-state index in [9.17, 15) is 18.0 Å². The molecule has 1 heterocycles. The maximum absolute atomic E-state index is 13.1. The van der Waals surface area contributed by atoms with Gasteiger partial charge in [-0.1, -0.05) is 54.6 Å². The highest BCUT2D eigenvalue weighted by Gasteiger charge is 2.34. The Balaban J connectivity index is 1.28. The van der Waals surface area contributed by atoms with E-state index in [2.05, 4.69) is 27.2 Å². The van der Waals surface area contributed by atoms with Crippen molar-refractivity contribution in [2.24, 2.45) is 0 Å². The monoisotopic (exact) mass is 483 g/mol. The molecule has 3 aromatic carbocycles. The minimum absolute atomic E-state index is 0.281. The average molecular weight is 484 g/mol. The fourth-order valence-corrected chi connectivity index (χ4v) is 4.14. The first-order valence-electron chi connectivity index (χ1n) is 11.5. The zero-order chi connectivity index (χ0) is 24.7. The second-order valence-corrected chi connectivity index (χ2v) is 8.43. The summed E-state index contributed by atoms with van der Waals surface area (Å²) in [6.45, 7) is 4.31. The van der Waals surface area contributed by atoms with Gasteiger partial charge in [0.2, 0.25) is 0 Å². The van der Waals surface area contributed by atoms with Crippen molar-refractivity contribution in [2.45, 2.75) is 19.3 Å². The normalized spacial score (nSPS) is 14.5. The van der Waals surface area contributed by atoms with Gasteiger partial charge in [-0.2, -0.15) is 13.2 Å². The molecule has 5 nitrogen and oxygen atoms in total. The molecule has 1 aliphatic heterocycles. The quantitative estimate of drug-likeness (QED) is 0.504. The number of alkyl halides is 3. The summed E-state index contributed by atoms with van der Waals surface area (Å²) in [5, 5.41) is 2.76. The number of para-hydroxylation sites is 2. The van der Waals surface area contributed by atoms with Gasteiger partial charge < -0.3 is 15.0 Å². The molecule has 0 radical (unpaired) electrons. The number of rotatable bonds is 8. The van der Waals surface area contributed by atoms with Crippen molar-refractivity contribution in [3.05, 3.63) is 95.6 Å². The zero-order valence-electron chi connectivity index (χ0n) is 19.3. The molecule has 4 rings (SSSR count). The van der Waals surface area contributed by atoms with Gasteiger partial charge in [-0.05, 0) is 35.4 Å². The number of hydrogen-bond donors (Lipinski definition) is 1. The van der Waals surface area contributed by atoms with E-state index in [4.69, 9.17) is 4.74 Å². The maximum Gasteiger partial charge on any atom is 0.419 e. The highest BCUT2D eigenvalue weighted by Crippen LogP contribution is 2.35. The molecule has 8 heteroatoms. The van der Waals surface area contributed by atoms with E-state index in [1.807, 2.05) is 42.5 Å². The van der Waals surface area contributed by atoms with Crippen LogP contribution in [0.1, 0.15) is 16.7 Å². The lowest BCUT2D eigenvalue weighted by Gasteiger charge is -2.36. The number of hydrogen-bond acceptors (Lipinski definition) is 4. The summed E-state index contributed by atoms with van der Waals surface area (Å²) in [5.74, 6) is -0.835. The van der Waals surface area contributed by atoms with Crippen molar-refractivity contribution in [3.8, 4) is 5.75 Å². The molecule has 0 atom stereocenters. The van der Waals surface area contributed by atoms with Crippen LogP contribution in [0.25, 0.3) is 0 Å². The van der Waals surface area contributed by atoms with E-state index in [1.165, 1.54) is 23.9 Å². The lowest BCUT2D eigenvalue weighted by molar-refractivity contribution is -0.139. The Morgan fingerprint density at radius 2 is 1.46 bits per heavy atom. The van der Waals surface area contributed by atoms with Gasteiger partial charge in [0.15, 0.2) is 6.61 Å². The zero-order valence-corrected chi connectivity index (χ0v) is 19.3. The number of anilines is 1. The van der Waals surface area contributed by atoms with Crippen LogP contribution >= 0.6 is 0 Å². The van der Waals surface area contributed by atoms with Crippen LogP contribution in [0.15, 0.2) is 78.9 Å². The van der Waals surface area contributed by atoms with Gasteiger partial charge in [0, 0.05) is 45.0 Å². The predicted octanol–water partition coefficient (Wildman–Crippen LogP) is 4.72. The number of carbonyl (C=O) groups is 1. The van der Waals surface area contributed by atoms with Crippen molar-refractivity contribution >= 4 is 11.6 Å². The molecule has 35 heavy (non-hydrogen) atoms. The maximum atomic E-state index is 13.1. The molecular formula is C27H28F3N3O2. The van der Waals surface area contributed by atoms with Crippen LogP contribution in [-0.2, 0) is 24.1 Å². The molecule has 0 aromatic heterocycles. The highest BCUT2D eigenvalue weighted by atomic mass is 19.4. The van der Waals surface area contributed by atoms with Crippen LogP contribution < -0.4 is 15.0 Å². The number of carbonyl (C=O) groups excluding carboxylic acids is 1. The third-order valence-electron chi connectivity index (χ3n) is 6.03. The number of ether oxygens (including phenoxy) is 1. The van der Waals surface area contributed by atoms with Gasteiger partial charge in [-0.15, -0.1) is 0 Å². The van der Waals surface area contributed by atoms with Crippen molar-refractivity contribution in [2.75, 3.05) is 37.7 Å². The van der Waals surface area contributed by atoms with E-state index in [0.29, 0.717) is 0 Å². The minimum Gasteiger partial charge on any atom is -0.483 e. The van der Waals surface area contributed by atoms with Crippen LogP contribution in [0.3, 0.4) is 0 Å². The van der Waals surface area contributed by atoms with Crippen LogP contribution in [0, 0.1) is 0 Å². The standard InChI is InChI=1S/C27H28F3N3O2/c28-27(29,30)24-12-6-7-13-25(24)35-20-26(34)31-18-21-8-4-5-9-22(21)19-32-14-16-33(17-15-32)23-10-2-1-3-11-23/h1-13H,14-20H2,(H,31,34). The fourth-order valence-electron chi connectivity index (χ4n) is 4.14. The number of piperazine rings is 1. The summed E-state index contributed by atoms with van der Waals surface area (Å²) < 4.78 is 44.5. The number of amides is 1. The first-order valence-corrected chi connectivity index (χ1v) is 11.5. The van der Waals surface area contributed by atoms with Gasteiger partial charge in [-0.25, -0.2) is 0 Å². The van der Waals surface area contributed by atoms with Gasteiger partial charge >= 0.3 is 6.18 Å². The number of halogens is 3. The highest BCUT2D eigenvalue weighted by molar-refractivity contribution is 5.77. The molecule has 1 N–H and O–H groups in total. The number of nitrogens with one attached hydrogen (secondary N) is 1. The van der Waals surface area contributed by atoms with Crippen molar-refractivity contribution < 1.29 is 22.7 Å². The summed E-state index contributed by atoms with van der Waals surface area (Å²) in [5.41, 5.74) is 2.42. The molecular weight excluding hydrogens is 455 g/mol. The summed E-state index contributed by atoms with van der Waals surface area (Å²) in [7, 11) is 0. The smallest absolute Gasteiger partial charge is 0.419 e. The van der Waals surface area contributed by atoms with Crippen LogP contribution in [0.5, 0.6) is 5.75 Å². The van der Waals surface area contributed by atoms with Gasteiger partial charge in [-0.3, -0.25) is 9.69 Å². The molecule has 3 aromatic rings. The lowest BCUT2D eigenvalue weighted by atomic mass is 10.1. The summed E-state index contributed by atoms with van der Waals surface area (Å²) in [6, 6.07) is 23.1.